The Balaban J connectivity index is 2.15. The van der Waals surface area contributed by atoms with Crippen molar-refractivity contribution in [2.75, 3.05) is 6.54 Å². The predicted molar refractivity (Wildman–Crippen MR) is 68.0 cm³/mol. The Labute approximate surface area is 105 Å². The lowest BCUT2D eigenvalue weighted by molar-refractivity contribution is 0.540. The molecule has 2 aromatic rings. The minimum Gasteiger partial charge on any atom is -0.309 e. The number of tetrazole rings is 1. The summed E-state index contributed by atoms with van der Waals surface area (Å²) in [4.78, 5) is 2.86. The molecule has 0 aliphatic heterocycles. The van der Waals surface area contributed by atoms with Crippen molar-refractivity contribution in [2.24, 2.45) is 7.05 Å². The van der Waals surface area contributed by atoms with E-state index in [1.807, 2.05) is 0 Å². The molecule has 0 bridgehead atoms. The summed E-state index contributed by atoms with van der Waals surface area (Å²) in [5.41, 5.74) is 1.32. The minimum absolute atomic E-state index is 0.282. The molecule has 0 saturated heterocycles. The summed E-state index contributed by atoms with van der Waals surface area (Å²) in [5, 5.41) is 17.7. The van der Waals surface area contributed by atoms with Gasteiger partial charge in [0.15, 0.2) is 5.82 Å². The van der Waals surface area contributed by atoms with Gasteiger partial charge in [0.25, 0.3) is 0 Å². The molecular weight excluding hydrogens is 234 g/mol. The Hall–Kier alpha value is -1.27. The van der Waals surface area contributed by atoms with Crippen LogP contribution < -0.4 is 5.32 Å². The Morgan fingerprint density at radius 2 is 2.35 bits per heavy atom. The number of rotatable bonds is 5. The monoisotopic (exact) mass is 251 g/mol. The summed E-state index contributed by atoms with van der Waals surface area (Å²) < 4.78 is 0. The second-order valence-electron chi connectivity index (χ2n) is 3.98. The molecule has 2 heterocycles. The van der Waals surface area contributed by atoms with E-state index in [9.17, 15) is 0 Å². The lowest BCUT2D eigenvalue weighted by atomic mass is 10.1. The first-order valence-corrected chi connectivity index (χ1v) is 6.59. The predicted octanol–water partition coefficient (Wildman–Crippen LogP) is 1.47. The van der Waals surface area contributed by atoms with E-state index in [1.54, 1.807) is 18.4 Å². The van der Waals surface area contributed by atoms with Gasteiger partial charge in [0.05, 0.1) is 7.05 Å². The maximum absolute atomic E-state index is 4.23. The van der Waals surface area contributed by atoms with Crippen LogP contribution in [0, 0.1) is 6.92 Å². The number of aryl methyl sites for hydroxylation is 2. The molecule has 0 fully saturated rings. The van der Waals surface area contributed by atoms with E-state index in [-0.39, 0.29) is 6.04 Å². The van der Waals surface area contributed by atoms with Crippen molar-refractivity contribution in [1.82, 2.24) is 25.5 Å². The fourth-order valence-electron chi connectivity index (χ4n) is 1.83. The zero-order valence-electron chi connectivity index (χ0n) is 10.3. The van der Waals surface area contributed by atoms with Crippen LogP contribution in [-0.2, 0) is 13.5 Å². The third kappa shape index (κ3) is 2.89. The van der Waals surface area contributed by atoms with Crippen molar-refractivity contribution in [2.45, 2.75) is 26.3 Å². The van der Waals surface area contributed by atoms with Crippen molar-refractivity contribution in [3.05, 3.63) is 27.7 Å². The number of hydrogen-bond acceptors (Lipinski definition) is 5. The van der Waals surface area contributed by atoms with Crippen LogP contribution in [0.15, 0.2) is 11.4 Å². The normalized spacial score (nSPS) is 12.9. The van der Waals surface area contributed by atoms with Crippen LogP contribution in [0.5, 0.6) is 0 Å². The van der Waals surface area contributed by atoms with Crippen LogP contribution in [0.1, 0.15) is 29.2 Å². The highest BCUT2D eigenvalue weighted by Gasteiger charge is 2.17. The van der Waals surface area contributed by atoms with E-state index in [2.05, 4.69) is 46.0 Å². The summed E-state index contributed by atoms with van der Waals surface area (Å²) in [6.45, 7) is 5.18. The zero-order valence-corrected chi connectivity index (χ0v) is 11.2. The number of nitrogens with one attached hydrogen (secondary N) is 1. The quantitative estimate of drug-likeness (QED) is 0.874. The van der Waals surface area contributed by atoms with Gasteiger partial charge < -0.3 is 5.32 Å². The summed E-state index contributed by atoms with van der Waals surface area (Å²) in [6.07, 6.45) is 0.781. The molecule has 0 aliphatic carbocycles. The highest BCUT2D eigenvalue weighted by atomic mass is 32.1. The Morgan fingerprint density at radius 3 is 2.88 bits per heavy atom. The molecule has 0 amide bonds. The molecule has 92 valence electrons. The van der Waals surface area contributed by atoms with Gasteiger partial charge in [0.1, 0.15) is 0 Å². The van der Waals surface area contributed by atoms with Gasteiger partial charge in [0, 0.05) is 17.3 Å². The van der Waals surface area contributed by atoms with Crippen LogP contribution in [0.2, 0.25) is 0 Å². The first-order valence-electron chi connectivity index (χ1n) is 5.71. The molecule has 17 heavy (non-hydrogen) atoms. The molecule has 0 aromatic carbocycles. The lowest BCUT2D eigenvalue weighted by Gasteiger charge is -2.15. The van der Waals surface area contributed by atoms with Gasteiger partial charge in [-0.2, -0.15) is 4.80 Å². The van der Waals surface area contributed by atoms with Gasteiger partial charge in [-0.25, -0.2) is 0 Å². The second kappa shape index (κ2) is 5.37. The van der Waals surface area contributed by atoms with E-state index in [0.29, 0.717) is 0 Å². The molecule has 6 heteroatoms. The van der Waals surface area contributed by atoms with Gasteiger partial charge >= 0.3 is 0 Å². The SMILES string of the molecule is CCNC(Cc1nnn(C)n1)c1sccc1C. The summed E-state index contributed by atoms with van der Waals surface area (Å²) in [7, 11) is 1.79. The summed E-state index contributed by atoms with van der Waals surface area (Å²) in [6, 6.07) is 2.43. The first kappa shape index (κ1) is 12.2. The number of hydrogen-bond donors (Lipinski definition) is 1. The highest BCUT2D eigenvalue weighted by Crippen LogP contribution is 2.25. The molecule has 0 saturated carbocycles. The molecule has 0 spiro atoms. The Morgan fingerprint density at radius 1 is 1.53 bits per heavy atom. The number of likely N-dealkylation sites (N-methyl/N-ethyl adjacent to an activating group) is 1. The van der Waals surface area contributed by atoms with Gasteiger partial charge in [0.2, 0.25) is 0 Å². The zero-order chi connectivity index (χ0) is 12.3. The summed E-state index contributed by atoms with van der Waals surface area (Å²) >= 11 is 1.78. The summed E-state index contributed by atoms with van der Waals surface area (Å²) in [5.74, 6) is 0.784. The molecule has 2 aromatic heterocycles. The van der Waals surface area contributed by atoms with Crippen LogP contribution >= 0.6 is 11.3 Å². The van der Waals surface area contributed by atoms with Crippen LogP contribution in [-0.4, -0.2) is 26.8 Å². The van der Waals surface area contributed by atoms with Crippen molar-refractivity contribution < 1.29 is 0 Å². The van der Waals surface area contributed by atoms with Crippen LogP contribution in [0.25, 0.3) is 0 Å². The molecular formula is C11H17N5S. The lowest BCUT2D eigenvalue weighted by Crippen LogP contribution is -2.23. The maximum atomic E-state index is 4.23. The molecule has 1 unspecified atom stereocenters. The third-order valence-electron chi connectivity index (χ3n) is 2.61. The largest absolute Gasteiger partial charge is 0.309 e. The molecule has 2 rings (SSSR count). The average molecular weight is 251 g/mol. The average Bonchev–Trinajstić information content (AvgIpc) is 2.87. The standard InChI is InChI=1S/C11H17N5S/c1-4-12-9(11-8(2)5-6-17-11)7-10-13-15-16(3)14-10/h5-6,9,12H,4,7H2,1-3H3. The van der Waals surface area contributed by atoms with Crippen molar-refractivity contribution in [3.63, 3.8) is 0 Å². The Bertz CT molecular complexity index is 476. The van der Waals surface area contributed by atoms with Gasteiger partial charge in [-0.05, 0) is 35.7 Å². The first-order chi connectivity index (χ1) is 8.20. The van der Waals surface area contributed by atoms with E-state index in [1.165, 1.54) is 15.2 Å². The van der Waals surface area contributed by atoms with Crippen molar-refractivity contribution in [1.29, 1.82) is 0 Å². The molecule has 5 nitrogen and oxygen atoms in total. The molecule has 0 radical (unpaired) electrons. The number of aromatic nitrogens is 4. The third-order valence-corrected chi connectivity index (χ3v) is 3.74. The molecule has 1 N–H and O–H groups in total. The highest BCUT2D eigenvalue weighted by molar-refractivity contribution is 7.10. The topological polar surface area (TPSA) is 55.6 Å². The smallest absolute Gasteiger partial charge is 0.176 e. The fourth-order valence-corrected chi connectivity index (χ4v) is 2.84. The van der Waals surface area contributed by atoms with Crippen molar-refractivity contribution >= 4 is 11.3 Å². The second-order valence-corrected chi connectivity index (χ2v) is 4.93. The van der Waals surface area contributed by atoms with Crippen LogP contribution in [0.3, 0.4) is 0 Å². The molecule has 0 aliphatic rings. The minimum atomic E-state index is 0.282. The maximum Gasteiger partial charge on any atom is 0.176 e. The van der Waals surface area contributed by atoms with Gasteiger partial charge in [-0.1, -0.05) is 6.92 Å². The fraction of sp³-hybridized carbons (Fsp3) is 0.545. The molecule has 1 atom stereocenters. The van der Waals surface area contributed by atoms with E-state index in [0.717, 1.165) is 18.8 Å². The van der Waals surface area contributed by atoms with Gasteiger partial charge in [-0.3, -0.25) is 0 Å². The number of thiophene rings is 1. The van der Waals surface area contributed by atoms with E-state index < -0.39 is 0 Å². The van der Waals surface area contributed by atoms with Crippen LogP contribution in [0.4, 0.5) is 0 Å². The van der Waals surface area contributed by atoms with Crippen molar-refractivity contribution in [3.8, 4) is 0 Å². The van der Waals surface area contributed by atoms with Gasteiger partial charge in [-0.15, -0.1) is 21.5 Å². The van der Waals surface area contributed by atoms with E-state index >= 15 is 0 Å². The number of nitrogens with zero attached hydrogens (tertiary/aromatic N) is 4. The van der Waals surface area contributed by atoms with E-state index in [4.69, 9.17) is 0 Å². The Kier molecular flexibility index (Phi) is 3.86.